The number of carbonyl (C=O) groups is 2. The van der Waals surface area contributed by atoms with E-state index in [9.17, 15) is 9.59 Å². The van der Waals surface area contributed by atoms with Crippen LogP contribution in [-0.4, -0.2) is 35.9 Å². The lowest BCUT2D eigenvalue weighted by atomic mass is 10.0. The van der Waals surface area contributed by atoms with Gasteiger partial charge in [-0.1, -0.05) is 91.1 Å². The van der Waals surface area contributed by atoms with Gasteiger partial charge in [-0.3, -0.25) is 9.59 Å². The number of nitrogens with zero attached hydrogens (tertiary/aromatic N) is 1. The van der Waals surface area contributed by atoms with Gasteiger partial charge in [-0.25, -0.2) is 0 Å². The normalized spacial score (nSPS) is 11.7. The van der Waals surface area contributed by atoms with Crippen molar-refractivity contribution in [1.29, 1.82) is 0 Å². The Morgan fingerprint density at radius 2 is 1.56 bits per heavy atom. The molecule has 0 aliphatic carbocycles. The fourth-order valence-electron chi connectivity index (χ4n) is 3.58. The average Bonchev–Trinajstić information content (AvgIpc) is 2.85. The van der Waals surface area contributed by atoms with Crippen LogP contribution in [0.5, 0.6) is 5.75 Å². The van der Waals surface area contributed by atoms with E-state index in [1.165, 1.54) is 0 Å². The summed E-state index contributed by atoms with van der Waals surface area (Å²) in [5.41, 5.74) is 1.78. The monoisotopic (exact) mass is 546 g/mol. The van der Waals surface area contributed by atoms with Crippen molar-refractivity contribution in [2.45, 2.75) is 32.9 Å². The van der Waals surface area contributed by atoms with Crippen molar-refractivity contribution in [2.75, 3.05) is 13.2 Å². The largest absolute Gasteiger partial charge is 0.482 e. The van der Waals surface area contributed by atoms with Gasteiger partial charge in [0.1, 0.15) is 11.8 Å². The highest BCUT2D eigenvalue weighted by Gasteiger charge is 2.31. The second-order valence-electron chi connectivity index (χ2n) is 8.86. The zero-order valence-corrected chi connectivity index (χ0v) is 22.5. The Morgan fingerprint density at radius 1 is 0.889 bits per heavy atom. The van der Waals surface area contributed by atoms with Gasteiger partial charge >= 0.3 is 0 Å². The molecule has 0 spiro atoms. The molecule has 3 aromatic carbocycles. The van der Waals surface area contributed by atoms with E-state index in [2.05, 4.69) is 5.32 Å². The Bertz CT molecular complexity index is 1150. The van der Waals surface area contributed by atoms with Crippen molar-refractivity contribution in [2.24, 2.45) is 5.92 Å². The van der Waals surface area contributed by atoms with Gasteiger partial charge in [0.15, 0.2) is 6.61 Å². The van der Waals surface area contributed by atoms with Crippen LogP contribution in [0.4, 0.5) is 0 Å². The topological polar surface area (TPSA) is 58.6 Å². The first kappa shape index (κ1) is 27.9. The minimum atomic E-state index is -0.751. The number of halogens is 3. The first-order chi connectivity index (χ1) is 17.2. The summed E-state index contributed by atoms with van der Waals surface area (Å²) in [5, 5.41) is 4.35. The molecular formula is C28H29Cl3N2O3. The maximum Gasteiger partial charge on any atom is 0.261 e. The molecule has 0 aliphatic heterocycles. The Labute approximate surface area is 227 Å². The van der Waals surface area contributed by atoms with Crippen LogP contribution in [0.25, 0.3) is 0 Å². The van der Waals surface area contributed by atoms with E-state index >= 15 is 0 Å². The summed E-state index contributed by atoms with van der Waals surface area (Å²) < 4.78 is 5.74. The van der Waals surface area contributed by atoms with Gasteiger partial charge in [-0.2, -0.15) is 0 Å². The van der Waals surface area contributed by atoms with E-state index in [0.717, 1.165) is 11.1 Å². The van der Waals surface area contributed by atoms with Gasteiger partial charge in [-0.15, -0.1) is 0 Å². The zero-order valence-electron chi connectivity index (χ0n) is 20.2. The molecule has 1 N–H and O–H groups in total. The first-order valence-corrected chi connectivity index (χ1v) is 12.8. The second-order valence-corrected chi connectivity index (χ2v) is 10.1. The summed E-state index contributed by atoms with van der Waals surface area (Å²) >= 11 is 18.2. The second kappa shape index (κ2) is 13.5. The predicted molar refractivity (Wildman–Crippen MR) is 146 cm³/mol. The highest BCUT2D eigenvalue weighted by molar-refractivity contribution is 6.35. The lowest BCUT2D eigenvalue weighted by Crippen LogP contribution is -2.52. The zero-order chi connectivity index (χ0) is 26.1. The molecule has 0 radical (unpaired) electrons. The van der Waals surface area contributed by atoms with Gasteiger partial charge in [0.05, 0.1) is 5.02 Å². The van der Waals surface area contributed by atoms with Gasteiger partial charge in [0, 0.05) is 29.6 Å². The Kier molecular flexibility index (Phi) is 10.5. The fraction of sp³-hybridized carbons (Fsp3) is 0.286. The molecule has 1 unspecified atom stereocenters. The van der Waals surface area contributed by atoms with Crippen molar-refractivity contribution < 1.29 is 14.3 Å². The summed E-state index contributed by atoms with van der Waals surface area (Å²) in [4.78, 5) is 28.5. The molecule has 0 saturated carbocycles. The number of amides is 2. The maximum absolute atomic E-state index is 13.6. The molecule has 0 heterocycles. The summed E-state index contributed by atoms with van der Waals surface area (Å²) in [5.74, 6) is 0.0304. The molecule has 1 atom stereocenters. The minimum Gasteiger partial charge on any atom is -0.482 e. The summed E-state index contributed by atoms with van der Waals surface area (Å²) in [6, 6.07) is 20.9. The molecule has 36 heavy (non-hydrogen) atoms. The molecule has 3 aromatic rings. The first-order valence-electron chi connectivity index (χ1n) is 11.7. The molecule has 0 fully saturated rings. The van der Waals surface area contributed by atoms with Gasteiger partial charge in [0.25, 0.3) is 5.91 Å². The van der Waals surface area contributed by atoms with Crippen LogP contribution in [0, 0.1) is 5.92 Å². The molecule has 0 saturated heterocycles. The van der Waals surface area contributed by atoms with Gasteiger partial charge in [0.2, 0.25) is 5.91 Å². The lowest BCUT2D eigenvalue weighted by molar-refractivity contribution is -0.142. The van der Waals surface area contributed by atoms with Crippen molar-refractivity contribution in [3.63, 3.8) is 0 Å². The van der Waals surface area contributed by atoms with E-state index in [1.807, 2.05) is 56.3 Å². The number of rotatable bonds is 11. The van der Waals surface area contributed by atoms with Crippen molar-refractivity contribution in [3.05, 3.63) is 99.0 Å². The maximum atomic E-state index is 13.6. The van der Waals surface area contributed by atoms with E-state index in [1.54, 1.807) is 35.2 Å². The van der Waals surface area contributed by atoms with Crippen LogP contribution in [0.1, 0.15) is 25.0 Å². The number of hydrogen-bond donors (Lipinski definition) is 1. The van der Waals surface area contributed by atoms with Crippen LogP contribution in [-0.2, 0) is 22.6 Å². The van der Waals surface area contributed by atoms with Crippen LogP contribution in [0.3, 0.4) is 0 Å². The lowest BCUT2D eigenvalue weighted by Gasteiger charge is -2.31. The highest BCUT2D eigenvalue weighted by atomic mass is 35.5. The Morgan fingerprint density at radius 3 is 2.19 bits per heavy atom. The van der Waals surface area contributed by atoms with Crippen LogP contribution >= 0.6 is 34.8 Å². The molecule has 2 amide bonds. The quantitative estimate of drug-likeness (QED) is 0.301. The van der Waals surface area contributed by atoms with Gasteiger partial charge < -0.3 is 15.0 Å². The molecular weight excluding hydrogens is 519 g/mol. The molecule has 8 heteroatoms. The molecule has 3 rings (SSSR count). The SMILES string of the molecule is CC(C)CNC(=O)C(Cc1ccccc1)N(Cc1ccc(Cl)cc1)C(=O)COc1ccc(Cl)cc1Cl. The van der Waals surface area contributed by atoms with Crippen molar-refractivity contribution >= 4 is 46.6 Å². The van der Waals surface area contributed by atoms with E-state index in [4.69, 9.17) is 39.5 Å². The third kappa shape index (κ3) is 8.44. The van der Waals surface area contributed by atoms with E-state index < -0.39 is 6.04 Å². The number of nitrogens with one attached hydrogen (secondary N) is 1. The minimum absolute atomic E-state index is 0.209. The Balaban J connectivity index is 1.90. The number of benzene rings is 3. The number of hydrogen-bond acceptors (Lipinski definition) is 3. The smallest absolute Gasteiger partial charge is 0.261 e. The third-order valence-electron chi connectivity index (χ3n) is 5.47. The number of carbonyl (C=O) groups excluding carboxylic acids is 2. The molecule has 190 valence electrons. The third-order valence-corrected chi connectivity index (χ3v) is 6.25. The summed E-state index contributed by atoms with van der Waals surface area (Å²) in [7, 11) is 0. The molecule has 5 nitrogen and oxygen atoms in total. The fourth-order valence-corrected chi connectivity index (χ4v) is 4.17. The highest BCUT2D eigenvalue weighted by Crippen LogP contribution is 2.27. The molecule has 0 aromatic heterocycles. The van der Waals surface area contributed by atoms with Crippen LogP contribution in [0.2, 0.25) is 15.1 Å². The van der Waals surface area contributed by atoms with Crippen molar-refractivity contribution in [3.8, 4) is 5.75 Å². The van der Waals surface area contributed by atoms with Crippen LogP contribution < -0.4 is 10.1 Å². The van der Waals surface area contributed by atoms with E-state index in [0.29, 0.717) is 33.8 Å². The van der Waals surface area contributed by atoms with Gasteiger partial charge in [-0.05, 0) is 47.4 Å². The Hall–Kier alpha value is -2.73. The predicted octanol–water partition coefficient (Wildman–Crippen LogP) is 6.44. The van der Waals surface area contributed by atoms with Crippen molar-refractivity contribution in [1.82, 2.24) is 10.2 Å². The standard InChI is InChI=1S/C28H29Cl3N2O3/c1-19(2)16-32-28(35)25(14-20-6-4-3-5-7-20)33(17-21-8-10-22(29)11-9-21)27(34)18-36-26-13-12-23(30)15-24(26)31/h3-13,15,19,25H,14,16-18H2,1-2H3,(H,32,35). The summed E-state index contributed by atoms with van der Waals surface area (Å²) in [6.45, 7) is 4.46. The molecule has 0 aliphatic rings. The number of ether oxygens (including phenoxy) is 1. The van der Waals surface area contributed by atoms with Crippen LogP contribution in [0.15, 0.2) is 72.8 Å². The van der Waals surface area contributed by atoms with E-state index in [-0.39, 0.29) is 30.9 Å². The molecule has 0 bridgehead atoms. The average molecular weight is 548 g/mol. The summed E-state index contributed by atoms with van der Waals surface area (Å²) in [6.07, 6.45) is 0.353.